The van der Waals surface area contributed by atoms with E-state index in [4.69, 9.17) is 5.73 Å². The van der Waals surface area contributed by atoms with Crippen LogP contribution in [0.3, 0.4) is 0 Å². The number of amides is 2. The third-order valence-corrected chi connectivity index (χ3v) is 3.31. The van der Waals surface area contributed by atoms with Gasteiger partial charge in [-0.05, 0) is 32.1 Å². The van der Waals surface area contributed by atoms with Crippen LogP contribution in [0.4, 0.5) is 0 Å². The average Bonchev–Trinajstić information content (AvgIpc) is 2.27. The van der Waals surface area contributed by atoms with E-state index in [1.165, 1.54) is 0 Å². The third-order valence-electron chi connectivity index (χ3n) is 3.31. The molecule has 17 heavy (non-hydrogen) atoms. The molecule has 4 N–H and O–H groups in total. The fraction of sp³-hybridized carbons (Fsp3) is 0.833. The summed E-state index contributed by atoms with van der Waals surface area (Å²) in [5, 5.41) is 5.21. The zero-order valence-corrected chi connectivity index (χ0v) is 10.7. The predicted octanol–water partition coefficient (Wildman–Crippen LogP) is 0.145. The van der Waals surface area contributed by atoms with Gasteiger partial charge in [0.2, 0.25) is 11.8 Å². The molecule has 1 aliphatic carbocycles. The standard InChI is InChI=1S/C12H23N3O2/c1-8(12(17)14-2)15-11(16)7-9-4-3-5-10(13)6-9/h8-10H,3-7,13H2,1-2H3,(H,14,17)(H,15,16). The second-order valence-electron chi connectivity index (χ2n) is 4.90. The SMILES string of the molecule is CNC(=O)C(C)NC(=O)CC1CCCC(N)C1. The minimum Gasteiger partial charge on any atom is -0.357 e. The average molecular weight is 241 g/mol. The van der Waals surface area contributed by atoms with Gasteiger partial charge in [0.05, 0.1) is 0 Å². The number of carbonyl (C=O) groups excluding carboxylic acids is 2. The smallest absolute Gasteiger partial charge is 0.242 e. The Morgan fingerprint density at radius 1 is 1.41 bits per heavy atom. The zero-order chi connectivity index (χ0) is 12.8. The largest absolute Gasteiger partial charge is 0.357 e. The fourth-order valence-electron chi connectivity index (χ4n) is 2.36. The van der Waals surface area contributed by atoms with Crippen LogP contribution in [0.1, 0.15) is 39.0 Å². The Kier molecular flexibility index (Phi) is 5.41. The van der Waals surface area contributed by atoms with Gasteiger partial charge in [-0.1, -0.05) is 6.42 Å². The molecule has 1 rings (SSSR count). The summed E-state index contributed by atoms with van der Waals surface area (Å²) >= 11 is 0. The lowest BCUT2D eigenvalue weighted by atomic mass is 9.84. The summed E-state index contributed by atoms with van der Waals surface area (Å²) in [5.41, 5.74) is 5.88. The lowest BCUT2D eigenvalue weighted by molar-refractivity contribution is -0.128. The third kappa shape index (κ3) is 4.73. The van der Waals surface area contributed by atoms with Crippen molar-refractivity contribution in [2.45, 2.75) is 51.1 Å². The Balaban J connectivity index is 2.31. The van der Waals surface area contributed by atoms with Crippen LogP contribution in [0, 0.1) is 5.92 Å². The molecule has 0 bridgehead atoms. The normalized spacial score (nSPS) is 26.1. The molecule has 1 aliphatic rings. The fourth-order valence-corrected chi connectivity index (χ4v) is 2.36. The van der Waals surface area contributed by atoms with Gasteiger partial charge in [0.15, 0.2) is 0 Å². The van der Waals surface area contributed by atoms with E-state index in [9.17, 15) is 9.59 Å². The minimum atomic E-state index is -0.468. The first-order chi connectivity index (χ1) is 8.02. The first-order valence-corrected chi connectivity index (χ1v) is 6.29. The van der Waals surface area contributed by atoms with Crippen molar-refractivity contribution < 1.29 is 9.59 Å². The highest BCUT2D eigenvalue weighted by atomic mass is 16.2. The summed E-state index contributed by atoms with van der Waals surface area (Å²) in [6.07, 6.45) is 4.63. The zero-order valence-electron chi connectivity index (χ0n) is 10.7. The Morgan fingerprint density at radius 3 is 2.71 bits per heavy atom. The second kappa shape index (κ2) is 6.59. The van der Waals surface area contributed by atoms with Crippen molar-refractivity contribution in [3.63, 3.8) is 0 Å². The maximum Gasteiger partial charge on any atom is 0.242 e. The molecule has 2 amide bonds. The monoisotopic (exact) mass is 241 g/mol. The van der Waals surface area contributed by atoms with Crippen molar-refractivity contribution >= 4 is 11.8 Å². The molecule has 1 fully saturated rings. The lowest BCUT2D eigenvalue weighted by Crippen LogP contribution is -2.44. The van der Waals surface area contributed by atoms with Gasteiger partial charge in [0.1, 0.15) is 6.04 Å². The highest BCUT2D eigenvalue weighted by Gasteiger charge is 2.23. The number of likely N-dealkylation sites (N-methyl/N-ethyl adjacent to an activating group) is 1. The minimum absolute atomic E-state index is 0.0554. The topological polar surface area (TPSA) is 84.2 Å². The number of carbonyl (C=O) groups is 2. The summed E-state index contributed by atoms with van der Waals surface area (Å²) in [7, 11) is 1.56. The van der Waals surface area contributed by atoms with Crippen molar-refractivity contribution in [1.82, 2.24) is 10.6 Å². The molecule has 5 heteroatoms. The van der Waals surface area contributed by atoms with E-state index in [2.05, 4.69) is 10.6 Å². The molecule has 0 heterocycles. The van der Waals surface area contributed by atoms with Crippen molar-refractivity contribution in [3.05, 3.63) is 0 Å². The number of nitrogens with one attached hydrogen (secondary N) is 2. The van der Waals surface area contributed by atoms with E-state index in [0.29, 0.717) is 12.3 Å². The number of nitrogens with two attached hydrogens (primary N) is 1. The van der Waals surface area contributed by atoms with Gasteiger partial charge in [-0.25, -0.2) is 0 Å². The number of rotatable bonds is 4. The second-order valence-corrected chi connectivity index (χ2v) is 4.90. The molecule has 0 radical (unpaired) electrons. The number of hydrogen-bond donors (Lipinski definition) is 3. The number of hydrogen-bond acceptors (Lipinski definition) is 3. The van der Waals surface area contributed by atoms with E-state index in [0.717, 1.165) is 25.7 Å². The molecule has 98 valence electrons. The van der Waals surface area contributed by atoms with Crippen LogP contribution >= 0.6 is 0 Å². The van der Waals surface area contributed by atoms with Crippen molar-refractivity contribution in [2.75, 3.05) is 7.05 Å². The van der Waals surface area contributed by atoms with Crippen molar-refractivity contribution in [2.24, 2.45) is 11.7 Å². The van der Waals surface area contributed by atoms with E-state index in [1.807, 2.05) is 0 Å². The summed E-state index contributed by atoms with van der Waals surface area (Å²) in [6, 6.07) is -0.234. The molecule has 5 nitrogen and oxygen atoms in total. The van der Waals surface area contributed by atoms with E-state index in [1.54, 1.807) is 14.0 Å². The van der Waals surface area contributed by atoms with Crippen LogP contribution < -0.4 is 16.4 Å². The molecular weight excluding hydrogens is 218 g/mol. The molecule has 0 spiro atoms. The maximum absolute atomic E-state index is 11.7. The first-order valence-electron chi connectivity index (χ1n) is 6.29. The Labute approximate surface area is 103 Å². The molecule has 0 aromatic heterocycles. The summed E-state index contributed by atoms with van der Waals surface area (Å²) in [6.45, 7) is 1.68. The highest BCUT2D eigenvalue weighted by molar-refractivity contribution is 5.87. The molecule has 0 aromatic carbocycles. The molecule has 3 unspecified atom stereocenters. The van der Waals surface area contributed by atoms with Gasteiger partial charge in [-0.3, -0.25) is 9.59 Å². The van der Waals surface area contributed by atoms with Crippen LogP contribution in [-0.2, 0) is 9.59 Å². The van der Waals surface area contributed by atoms with E-state index < -0.39 is 6.04 Å². The maximum atomic E-state index is 11.7. The van der Waals surface area contributed by atoms with Gasteiger partial charge in [0.25, 0.3) is 0 Å². The highest BCUT2D eigenvalue weighted by Crippen LogP contribution is 2.25. The van der Waals surface area contributed by atoms with Crippen LogP contribution in [-0.4, -0.2) is 30.9 Å². The lowest BCUT2D eigenvalue weighted by Gasteiger charge is -2.26. The van der Waals surface area contributed by atoms with E-state index >= 15 is 0 Å². The molecule has 1 saturated carbocycles. The van der Waals surface area contributed by atoms with Gasteiger partial charge < -0.3 is 16.4 Å². The summed E-state index contributed by atoms with van der Waals surface area (Å²) in [4.78, 5) is 23.0. The van der Waals surface area contributed by atoms with Crippen LogP contribution in [0.25, 0.3) is 0 Å². The molecular formula is C12H23N3O2. The van der Waals surface area contributed by atoms with Crippen molar-refractivity contribution in [1.29, 1.82) is 0 Å². The van der Waals surface area contributed by atoms with Crippen LogP contribution in [0.2, 0.25) is 0 Å². The first kappa shape index (κ1) is 14.0. The van der Waals surface area contributed by atoms with Crippen LogP contribution in [0.5, 0.6) is 0 Å². The Morgan fingerprint density at radius 2 is 2.12 bits per heavy atom. The van der Waals surface area contributed by atoms with Gasteiger partial charge in [-0.2, -0.15) is 0 Å². The van der Waals surface area contributed by atoms with Crippen molar-refractivity contribution in [3.8, 4) is 0 Å². The molecule has 0 aromatic rings. The van der Waals surface area contributed by atoms with E-state index in [-0.39, 0.29) is 17.9 Å². The molecule has 3 atom stereocenters. The van der Waals surface area contributed by atoms with Gasteiger partial charge in [-0.15, -0.1) is 0 Å². The van der Waals surface area contributed by atoms with Gasteiger partial charge in [0, 0.05) is 19.5 Å². The van der Waals surface area contributed by atoms with Gasteiger partial charge >= 0.3 is 0 Å². The Hall–Kier alpha value is -1.10. The Bertz CT molecular complexity index is 281. The van der Waals surface area contributed by atoms with Crippen LogP contribution in [0.15, 0.2) is 0 Å². The molecule has 0 saturated heterocycles. The molecule has 0 aliphatic heterocycles. The quantitative estimate of drug-likeness (QED) is 0.655. The summed E-state index contributed by atoms with van der Waals surface area (Å²) < 4.78 is 0. The predicted molar refractivity (Wildman–Crippen MR) is 66.2 cm³/mol. The summed E-state index contributed by atoms with van der Waals surface area (Å²) in [5.74, 6) is 0.148.